The zero-order valence-corrected chi connectivity index (χ0v) is 21.1. The fourth-order valence-corrected chi connectivity index (χ4v) is 4.08. The minimum Gasteiger partial charge on any atom is -0.496 e. The van der Waals surface area contributed by atoms with Gasteiger partial charge in [-0.25, -0.2) is 5.43 Å². The third-order valence-corrected chi connectivity index (χ3v) is 6.31. The van der Waals surface area contributed by atoms with Crippen LogP contribution in [0.2, 0.25) is 10.0 Å². The largest absolute Gasteiger partial charge is 0.496 e. The van der Waals surface area contributed by atoms with Gasteiger partial charge in [0.25, 0.3) is 5.91 Å². The van der Waals surface area contributed by atoms with Crippen LogP contribution in [-0.2, 0) is 6.61 Å². The molecular weight excluding hydrogens is 539 g/mol. The van der Waals surface area contributed by atoms with Crippen molar-refractivity contribution in [1.82, 2.24) is 5.43 Å². The van der Waals surface area contributed by atoms with Crippen molar-refractivity contribution < 1.29 is 14.3 Å². The molecule has 0 aliphatic carbocycles. The molecule has 4 aromatic carbocycles. The molecule has 34 heavy (non-hydrogen) atoms. The molecule has 4 rings (SSSR count). The van der Waals surface area contributed by atoms with Crippen LogP contribution in [0.15, 0.2) is 82.4 Å². The monoisotopic (exact) mass is 556 g/mol. The van der Waals surface area contributed by atoms with Gasteiger partial charge in [-0.3, -0.25) is 4.79 Å². The van der Waals surface area contributed by atoms with E-state index in [-0.39, 0.29) is 6.61 Å². The molecule has 0 spiro atoms. The van der Waals surface area contributed by atoms with Crippen LogP contribution in [0, 0.1) is 0 Å². The maximum Gasteiger partial charge on any atom is 0.275 e. The van der Waals surface area contributed by atoms with Crippen molar-refractivity contribution in [2.75, 3.05) is 7.11 Å². The highest BCUT2D eigenvalue weighted by Gasteiger charge is 2.13. The average Bonchev–Trinajstić information content (AvgIpc) is 2.85. The molecule has 0 saturated heterocycles. The standard InChI is InChI=1S/C26H19BrCl2N2O3/c1-33-24-11-8-18(27)13-20(24)26(32)31-30-14-21-19-5-3-2-4-17(19)7-10-25(21)34-15-16-6-9-22(28)23(29)12-16/h2-14H,15H2,1H3,(H,31,32)/b30-14-. The lowest BCUT2D eigenvalue weighted by atomic mass is 10.0. The van der Waals surface area contributed by atoms with E-state index in [9.17, 15) is 4.79 Å². The molecule has 0 heterocycles. The summed E-state index contributed by atoms with van der Waals surface area (Å²) in [6.45, 7) is 0.289. The van der Waals surface area contributed by atoms with Gasteiger partial charge in [-0.2, -0.15) is 5.10 Å². The molecule has 0 fully saturated rings. The van der Waals surface area contributed by atoms with Gasteiger partial charge < -0.3 is 9.47 Å². The van der Waals surface area contributed by atoms with Gasteiger partial charge in [0.2, 0.25) is 0 Å². The van der Waals surface area contributed by atoms with Crippen molar-refractivity contribution >= 4 is 62.0 Å². The number of methoxy groups -OCH3 is 1. The molecule has 0 bridgehead atoms. The van der Waals surface area contributed by atoms with Crippen molar-refractivity contribution in [3.8, 4) is 11.5 Å². The molecule has 0 aromatic heterocycles. The van der Waals surface area contributed by atoms with Gasteiger partial charge in [-0.15, -0.1) is 0 Å². The minimum atomic E-state index is -0.395. The van der Waals surface area contributed by atoms with Gasteiger partial charge in [-0.05, 0) is 52.7 Å². The predicted molar refractivity (Wildman–Crippen MR) is 140 cm³/mol. The summed E-state index contributed by atoms with van der Waals surface area (Å²) in [4.78, 5) is 12.7. The van der Waals surface area contributed by atoms with Crippen LogP contribution >= 0.6 is 39.1 Å². The van der Waals surface area contributed by atoms with Crippen LogP contribution in [0.5, 0.6) is 11.5 Å². The number of benzene rings is 4. The van der Waals surface area contributed by atoms with E-state index >= 15 is 0 Å². The topological polar surface area (TPSA) is 59.9 Å². The third-order valence-electron chi connectivity index (χ3n) is 5.07. The quantitative estimate of drug-likeness (QED) is 0.192. The Hall–Kier alpha value is -3.06. The normalized spacial score (nSPS) is 11.1. The number of carbonyl (C=O) groups is 1. The first kappa shape index (κ1) is 24.1. The van der Waals surface area contributed by atoms with Crippen LogP contribution in [0.3, 0.4) is 0 Å². The third kappa shape index (κ3) is 5.53. The summed E-state index contributed by atoms with van der Waals surface area (Å²) in [5.41, 5.74) is 4.55. The van der Waals surface area contributed by atoms with Crippen molar-refractivity contribution in [1.29, 1.82) is 0 Å². The number of nitrogens with one attached hydrogen (secondary N) is 1. The number of halogens is 3. The predicted octanol–water partition coefficient (Wildman–Crippen LogP) is 7.26. The van der Waals surface area contributed by atoms with E-state index in [1.165, 1.54) is 7.11 Å². The molecule has 1 N–H and O–H groups in total. The second-order valence-corrected chi connectivity index (χ2v) is 9.01. The molecule has 4 aromatic rings. The van der Waals surface area contributed by atoms with Gasteiger partial charge in [-0.1, -0.05) is 75.5 Å². The van der Waals surface area contributed by atoms with E-state index in [0.29, 0.717) is 27.1 Å². The second kappa shape index (κ2) is 10.9. The molecule has 0 aliphatic rings. The number of hydrogen-bond acceptors (Lipinski definition) is 4. The molecule has 0 radical (unpaired) electrons. The lowest BCUT2D eigenvalue weighted by molar-refractivity contribution is 0.0952. The smallest absolute Gasteiger partial charge is 0.275 e. The number of hydrazone groups is 1. The number of hydrogen-bond donors (Lipinski definition) is 1. The van der Waals surface area contributed by atoms with Crippen molar-refractivity contribution in [3.05, 3.63) is 104 Å². The molecule has 0 atom stereocenters. The zero-order chi connectivity index (χ0) is 24.1. The van der Waals surface area contributed by atoms with Gasteiger partial charge >= 0.3 is 0 Å². The van der Waals surface area contributed by atoms with Crippen molar-refractivity contribution in [2.45, 2.75) is 6.61 Å². The minimum absolute atomic E-state index is 0.289. The van der Waals surface area contributed by atoms with Crippen LogP contribution in [0.4, 0.5) is 0 Å². The Kier molecular flexibility index (Phi) is 7.73. The zero-order valence-electron chi connectivity index (χ0n) is 18.0. The second-order valence-electron chi connectivity index (χ2n) is 7.28. The van der Waals surface area contributed by atoms with E-state index in [1.54, 1.807) is 36.5 Å². The highest BCUT2D eigenvalue weighted by Crippen LogP contribution is 2.29. The van der Waals surface area contributed by atoms with Crippen LogP contribution in [0.25, 0.3) is 10.8 Å². The van der Waals surface area contributed by atoms with Crippen molar-refractivity contribution in [3.63, 3.8) is 0 Å². The SMILES string of the molecule is COc1ccc(Br)cc1C(=O)N/N=C\c1c(OCc2ccc(Cl)c(Cl)c2)ccc2ccccc12. The molecular formula is C26H19BrCl2N2O3. The van der Waals surface area contributed by atoms with Crippen LogP contribution in [0.1, 0.15) is 21.5 Å². The first-order chi connectivity index (χ1) is 16.5. The number of nitrogens with zero attached hydrogens (tertiary/aromatic N) is 1. The maximum absolute atomic E-state index is 12.7. The summed E-state index contributed by atoms with van der Waals surface area (Å²) < 4.78 is 12.1. The molecule has 172 valence electrons. The number of amides is 1. The average molecular weight is 558 g/mol. The van der Waals surface area contributed by atoms with E-state index < -0.39 is 5.91 Å². The first-order valence-electron chi connectivity index (χ1n) is 10.2. The van der Waals surface area contributed by atoms with Gasteiger partial charge in [0.1, 0.15) is 18.1 Å². The molecule has 8 heteroatoms. The van der Waals surface area contributed by atoms with Gasteiger partial charge in [0.15, 0.2) is 0 Å². The van der Waals surface area contributed by atoms with Crippen molar-refractivity contribution in [2.24, 2.45) is 5.10 Å². The Morgan fingerprint density at radius 3 is 2.59 bits per heavy atom. The molecule has 1 amide bonds. The summed E-state index contributed by atoms with van der Waals surface area (Å²) in [6, 6.07) is 22.3. The molecule has 0 unspecified atom stereocenters. The van der Waals surface area contributed by atoms with E-state index in [0.717, 1.165) is 26.4 Å². The fourth-order valence-electron chi connectivity index (χ4n) is 3.40. The summed E-state index contributed by atoms with van der Waals surface area (Å²) >= 11 is 15.5. The lowest BCUT2D eigenvalue weighted by Crippen LogP contribution is -2.18. The maximum atomic E-state index is 12.7. The Morgan fingerprint density at radius 1 is 1.00 bits per heavy atom. The summed E-state index contributed by atoms with van der Waals surface area (Å²) in [5.74, 6) is 0.669. The lowest BCUT2D eigenvalue weighted by Gasteiger charge is -2.12. The first-order valence-corrected chi connectivity index (χ1v) is 11.8. The summed E-state index contributed by atoms with van der Waals surface area (Å²) in [6.07, 6.45) is 1.58. The highest BCUT2D eigenvalue weighted by atomic mass is 79.9. The van der Waals surface area contributed by atoms with Crippen LogP contribution < -0.4 is 14.9 Å². The fraction of sp³-hybridized carbons (Fsp3) is 0.0769. The van der Waals surface area contributed by atoms with Gasteiger partial charge in [0.05, 0.1) is 28.9 Å². The summed E-state index contributed by atoms with van der Waals surface area (Å²) in [7, 11) is 1.51. The number of ether oxygens (including phenoxy) is 2. The van der Waals surface area contributed by atoms with E-state index in [2.05, 4.69) is 26.5 Å². The van der Waals surface area contributed by atoms with Crippen LogP contribution in [-0.4, -0.2) is 19.2 Å². The van der Waals surface area contributed by atoms with Gasteiger partial charge in [0, 0.05) is 10.0 Å². The Labute approximate surface area is 215 Å². The molecule has 0 aliphatic heterocycles. The van der Waals surface area contributed by atoms with E-state index in [1.807, 2.05) is 42.5 Å². The Morgan fingerprint density at radius 2 is 1.79 bits per heavy atom. The molecule has 5 nitrogen and oxygen atoms in total. The summed E-state index contributed by atoms with van der Waals surface area (Å²) in [5, 5.41) is 7.11. The highest BCUT2D eigenvalue weighted by molar-refractivity contribution is 9.10. The Balaban J connectivity index is 1.60. The molecule has 0 saturated carbocycles. The van der Waals surface area contributed by atoms with E-state index in [4.69, 9.17) is 32.7 Å². The Bertz CT molecular complexity index is 1390. The number of carbonyl (C=O) groups excluding carboxylic acids is 1. The number of rotatable bonds is 7. The number of fused-ring (bicyclic) bond motifs is 1.